The summed E-state index contributed by atoms with van der Waals surface area (Å²) in [4.78, 5) is 39.7. The summed E-state index contributed by atoms with van der Waals surface area (Å²) >= 11 is 0. The maximum atomic E-state index is 12.7. The number of amides is 1. The van der Waals surface area contributed by atoms with Crippen LogP contribution in [0.4, 0.5) is 5.82 Å². The summed E-state index contributed by atoms with van der Waals surface area (Å²) in [6.07, 6.45) is 0.0387. The van der Waals surface area contributed by atoms with Gasteiger partial charge in [-0.05, 0) is 30.0 Å². The van der Waals surface area contributed by atoms with E-state index in [2.05, 4.69) is 20.5 Å². The molecule has 0 unspecified atom stereocenters. The number of pyridine rings is 1. The first-order valence-electron chi connectivity index (χ1n) is 8.08. The monoisotopic (exact) mass is 352 g/mol. The largest absolute Gasteiger partial charge is 0.464 e. The summed E-state index contributed by atoms with van der Waals surface area (Å²) in [6.45, 7) is 1.94. The van der Waals surface area contributed by atoms with Gasteiger partial charge >= 0.3 is 5.97 Å². The minimum absolute atomic E-state index is 0.0387. The number of H-pyrrole nitrogens is 2. The number of hydrogen-bond donors (Lipinski definition) is 3. The van der Waals surface area contributed by atoms with Gasteiger partial charge in [0.2, 0.25) is 5.91 Å². The molecule has 0 spiro atoms. The minimum atomic E-state index is -0.604. The fourth-order valence-corrected chi connectivity index (χ4v) is 3.37. The Morgan fingerprint density at radius 2 is 2.08 bits per heavy atom. The average molecular weight is 352 g/mol. The van der Waals surface area contributed by atoms with Gasteiger partial charge in [-0.3, -0.25) is 14.7 Å². The molecular formula is C18H16N4O4. The Morgan fingerprint density at radius 3 is 2.85 bits per heavy atom. The summed E-state index contributed by atoms with van der Waals surface area (Å²) < 4.78 is 4.78. The fraction of sp³-hybridized carbons (Fsp3) is 0.222. The Kier molecular flexibility index (Phi) is 3.61. The van der Waals surface area contributed by atoms with Crippen molar-refractivity contribution in [1.29, 1.82) is 0 Å². The van der Waals surface area contributed by atoms with E-state index < -0.39 is 11.9 Å². The zero-order chi connectivity index (χ0) is 18.4. The van der Waals surface area contributed by atoms with Gasteiger partial charge in [-0.15, -0.1) is 0 Å². The molecule has 0 fully saturated rings. The van der Waals surface area contributed by atoms with E-state index >= 15 is 0 Å². The lowest BCUT2D eigenvalue weighted by Crippen LogP contribution is -2.28. The van der Waals surface area contributed by atoms with Gasteiger partial charge < -0.3 is 15.0 Å². The highest BCUT2D eigenvalue weighted by molar-refractivity contribution is 5.99. The van der Waals surface area contributed by atoms with Gasteiger partial charge in [0, 0.05) is 29.0 Å². The quantitative estimate of drug-likeness (QED) is 0.608. The van der Waals surface area contributed by atoms with Crippen LogP contribution in [0.25, 0.3) is 10.9 Å². The van der Waals surface area contributed by atoms with Crippen molar-refractivity contribution in [3.63, 3.8) is 0 Å². The number of nitrogens with zero attached hydrogens (tertiary/aromatic N) is 1. The van der Waals surface area contributed by atoms with Gasteiger partial charge in [0.1, 0.15) is 5.69 Å². The van der Waals surface area contributed by atoms with Gasteiger partial charge in [-0.2, -0.15) is 5.10 Å². The van der Waals surface area contributed by atoms with Crippen molar-refractivity contribution in [1.82, 2.24) is 15.2 Å². The molecule has 4 rings (SSSR count). The van der Waals surface area contributed by atoms with Crippen LogP contribution < -0.4 is 10.9 Å². The molecular weight excluding hydrogens is 336 g/mol. The van der Waals surface area contributed by atoms with Gasteiger partial charge in [0.25, 0.3) is 5.56 Å². The standard InChI is InChI=1S/C18H16N4O4/c1-8-3-4-9-6-11(17(24)19-12(9)5-8)10-7-13(23)20-16-14(10)15(21-22-16)18(25)26-2/h3-6,10H,7H2,1-2H3,(H,19,24)(H2,20,21,22,23)/t10-/m0/s1. The number of aromatic amines is 2. The number of carbonyl (C=O) groups is 2. The second-order valence-electron chi connectivity index (χ2n) is 6.30. The molecule has 1 aromatic carbocycles. The summed E-state index contributed by atoms with van der Waals surface area (Å²) in [7, 11) is 1.26. The Hall–Kier alpha value is -3.42. The number of ether oxygens (including phenoxy) is 1. The predicted molar refractivity (Wildman–Crippen MR) is 94.3 cm³/mol. The van der Waals surface area contributed by atoms with Crippen molar-refractivity contribution in [3.05, 3.63) is 57.0 Å². The van der Waals surface area contributed by atoms with E-state index in [9.17, 15) is 14.4 Å². The van der Waals surface area contributed by atoms with Crippen LogP contribution >= 0.6 is 0 Å². The number of esters is 1. The lowest BCUT2D eigenvalue weighted by atomic mass is 9.85. The molecule has 0 bridgehead atoms. The first kappa shape index (κ1) is 16.1. The van der Waals surface area contributed by atoms with Crippen molar-refractivity contribution >= 4 is 28.6 Å². The predicted octanol–water partition coefficient (Wildman–Crippen LogP) is 1.82. The molecule has 0 aliphatic carbocycles. The molecule has 0 saturated heterocycles. The van der Waals surface area contributed by atoms with E-state index in [0.29, 0.717) is 11.1 Å². The number of anilines is 1. The Balaban J connectivity index is 1.93. The van der Waals surface area contributed by atoms with E-state index in [1.807, 2.05) is 25.1 Å². The second-order valence-corrected chi connectivity index (χ2v) is 6.30. The lowest BCUT2D eigenvalue weighted by Gasteiger charge is -2.22. The zero-order valence-electron chi connectivity index (χ0n) is 14.2. The maximum Gasteiger partial charge on any atom is 0.356 e. The molecule has 132 valence electrons. The van der Waals surface area contributed by atoms with Crippen LogP contribution in [0.2, 0.25) is 0 Å². The van der Waals surface area contributed by atoms with Crippen LogP contribution in [-0.4, -0.2) is 34.2 Å². The highest BCUT2D eigenvalue weighted by Crippen LogP contribution is 2.37. The third-order valence-electron chi connectivity index (χ3n) is 4.59. The smallest absolute Gasteiger partial charge is 0.356 e. The maximum absolute atomic E-state index is 12.7. The van der Waals surface area contributed by atoms with Gasteiger partial charge in [-0.25, -0.2) is 4.79 Å². The van der Waals surface area contributed by atoms with E-state index in [1.54, 1.807) is 6.07 Å². The van der Waals surface area contributed by atoms with Crippen LogP contribution in [0.3, 0.4) is 0 Å². The minimum Gasteiger partial charge on any atom is -0.464 e. The lowest BCUT2D eigenvalue weighted by molar-refractivity contribution is -0.116. The summed E-state index contributed by atoms with van der Waals surface area (Å²) in [5, 5.41) is 10.1. The third kappa shape index (κ3) is 2.46. The van der Waals surface area contributed by atoms with E-state index in [1.165, 1.54) is 7.11 Å². The SMILES string of the molecule is COC(=O)c1[nH]nc2c1[C@H](c1cc3ccc(C)cc3[nH]c1=O)CC(=O)N2. The second kappa shape index (κ2) is 5.83. The number of aromatic nitrogens is 3. The molecule has 1 atom stereocenters. The van der Waals surface area contributed by atoms with Crippen LogP contribution in [0.1, 0.15) is 39.5 Å². The first-order valence-corrected chi connectivity index (χ1v) is 8.08. The Bertz CT molecular complexity index is 1110. The molecule has 1 aliphatic rings. The van der Waals surface area contributed by atoms with Gasteiger partial charge in [0.15, 0.2) is 5.82 Å². The fourth-order valence-electron chi connectivity index (χ4n) is 3.37. The highest BCUT2D eigenvalue weighted by Gasteiger charge is 2.35. The topological polar surface area (TPSA) is 117 Å². The molecule has 3 aromatic rings. The molecule has 0 radical (unpaired) electrons. The van der Waals surface area contributed by atoms with Gasteiger partial charge in [-0.1, -0.05) is 12.1 Å². The molecule has 26 heavy (non-hydrogen) atoms. The number of rotatable bonds is 2. The molecule has 0 saturated carbocycles. The van der Waals surface area contributed by atoms with Crippen molar-refractivity contribution < 1.29 is 14.3 Å². The first-order chi connectivity index (χ1) is 12.5. The van der Waals surface area contributed by atoms with Gasteiger partial charge in [0.05, 0.1) is 7.11 Å². The zero-order valence-corrected chi connectivity index (χ0v) is 14.2. The Morgan fingerprint density at radius 1 is 1.27 bits per heavy atom. The number of methoxy groups -OCH3 is 1. The summed E-state index contributed by atoms with van der Waals surface area (Å²) in [5.74, 6) is -1.22. The van der Waals surface area contributed by atoms with E-state index in [0.717, 1.165) is 16.5 Å². The number of benzene rings is 1. The molecule has 8 heteroatoms. The highest BCUT2D eigenvalue weighted by atomic mass is 16.5. The van der Waals surface area contributed by atoms with Crippen LogP contribution in [0, 0.1) is 6.92 Å². The molecule has 8 nitrogen and oxygen atoms in total. The summed E-state index contributed by atoms with van der Waals surface area (Å²) in [6, 6.07) is 7.50. The van der Waals surface area contributed by atoms with Crippen molar-refractivity contribution in [2.45, 2.75) is 19.3 Å². The molecule has 3 N–H and O–H groups in total. The van der Waals surface area contributed by atoms with Crippen LogP contribution in [-0.2, 0) is 9.53 Å². The van der Waals surface area contributed by atoms with Crippen LogP contribution in [0.15, 0.2) is 29.1 Å². The van der Waals surface area contributed by atoms with Crippen molar-refractivity contribution in [2.24, 2.45) is 0 Å². The van der Waals surface area contributed by atoms with Crippen LogP contribution in [0.5, 0.6) is 0 Å². The van der Waals surface area contributed by atoms with E-state index in [4.69, 9.17) is 4.74 Å². The normalized spacial score (nSPS) is 16.2. The number of nitrogens with one attached hydrogen (secondary N) is 3. The molecule has 2 aromatic heterocycles. The number of fused-ring (bicyclic) bond motifs is 2. The van der Waals surface area contributed by atoms with Crippen molar-refractivity contribution in [2.75, 3.05) is 12.4 Å². The number of aryl methyl sites for hydroxylation is 1. The van der Waals surface area contributed by atoms with E-state index in [-0.39, 0.29) is 29.4 Å². The Labute approximate surface area is 147 Å². The number of carbonyl (C=O) groups excluding carboxylic acids is 2. The number of hydrogen-bond acceptors (Lipinski definition) is 5. The molecule has 1 aliphatic heterocycles. The third-order valence-corrected chi connectivity index (χ3v) is 4.59. The molecule has 1 amide bonds. The van der Waals surface area contributed by atoms with Crippen molar-refractivity contribution in [3.8, 4) is 0 Å². The summed E-state index contributed by atoms with van der Waals surface area (Å²) in [5.41, 5.74) is 2.46. The molecule has 3 heterocycles. The average Bonchev–Trinajstić information content (AvgIpc) is 3.03.